The van der Waals surface area contributed by atoms with Gasteiger partial charge < -0.3 is 19.4 Å². The zero-order valence-corrected chi connectivity index (χ0v) is 18.9. The summed E-state index contributed by atoms with van der Waals surface area (Å²) < 4.78 is 13.1. The van der Waals surface area contributed by atoms with E-state index in [1.807, 2.05) is 25.1 Å². The minimum Gasteiger partial charge on any atom is -0.503 e. The number of carbonyl (C=O) groups excluding carboxylic acids is 1. The van der Waals surface area contributed by atoms with Crippen molar-refractivity contribution >= 4 is 27.3 Å². The number of nitrogens with zero attached hydrogens (tertiary/aromatic N) is 2. The lowest BCUT2D eigenvalue weighted by Crippen LogP contribution is -2.04. The molecule has 0 amide bonds. The van der Waals surface area contributed by atoms with E-state index in [1.54, 1.807) is 50.4 Å². The summed E-state index contributed by atoms with van der Waals surface area (Å²) in [5.74, 6) is -0.282. The number of hydrogen-bond acceptors (Lipinski definition) is 7. The molecule has 166 valence electrons. The van der Waals surface area contributed by atoms with Crippen molar-refractivity contribution in [1.29, 1.82) is 0 Å². The van der Waals surface area contributed by atoms with Crippen LogP contribution in [0, 0.1) is 13.8 Å². The molecule has 0 spiro atoms. The van der Waals surface area contributed by atoms with E-state index < -0.39 is 17.4 Å². The topological polar surface area (TPSA) is 97.7 Å². The molecule has 0 unspecified atom stereocenters. The second-order valence-corrected chi connectivity index (χ2v) is 8.68. The lowest BCUT2D eigenvalue weighted by atomic mass is 10.0. The van der Waals surface area contributed by atoms with Crippen molar-refractivity contribution in [2.75, 3.05) is 7.11 Å². The van der Waals surface area contributed by atoms with Crippen LogP contribution in [0.5, 0.6) is 17.4 Å². The van der Waals surface area contributed by atoms with Crippen LogP contribution in [0.15, 0.2) is 59.0 Å². The molecule has 3 heterocycles. The predicted molar refractivity (Wildman–Crippen MR) is 126 cm³/mol. The third-order valence-electron chi connectivity index (χ3n) is 5.40. The number of methoxy groups -OCH3 is 1. The Balaban J connectivity index is 1.79. The smallest absolute Gasteiger partial charge is 0.242 e. The number of aromatic hydroxyl groups is 2. The van der Waals surface area contributed by atoms with Gasteiger partial charge in [-0.1, -0.05) is 17.4 Å². The average Bonchev–Trinajstić information content (AvgIpc) is 3.49. The Morgan fingerprint density at radius 1 is 1.06 bits per heavy atom. The summed E-state index contributed by atoms with van der Waals surface area (Å²) in [6, 6.07) is 16.1. The Kier molecular flexibility index (Phi) is 4.94. The first-order valence-electron chi connectivity index (χ1n) is 10.2. The van der Waals surface area contributed by atoms with Crippen LogP contribution in [0.3, 0.4) is 0 Å². The molecule has 0 aliphatic heterocycles. The first kappa shape index (κ1) is 20.8. The van der Waals surface area contributed by atoms with Gasteiger partial charge in [-0.3, -0.25) is 9.36 Å². The van der Waals surface area contributed by atoms with E-state index >= 15 is 0 Å². The summed E-state index contributed by atoms with van der Waals surface area (Å²) in [6.45, 7) is 3.72. The third kappa shape index (κ3) is 3.44. The molecule has 5 aromatic rings. The zero-order valence-electron chi connectivity index (χ0n) is 18.1. The van der Waals surface area contributed by atoms with Gasteiger partial charge in [0.05, 0.1) is 28.6 Å². The Morgan fingerprint density at radius 2 is 1.82 bits per heavy atom. The fourth-order valence-electron chi connectivity index (χ4n) is 3.77. The van der Waals surface area contributed by atoms with Crippen molar-refractivity contribution in [3.05, 3.63) is 77.2 Å². The number of benzene rings is 2. The van der Waals surface area contributed by atoms with Crippen LogP contribution in [-0.4, -0.2) is 32.7 Å². The molecule has 8 heteroatoms. The van der Waals surface area contributed by atoms with Gasteiger partial charge in [-0.25, -0.2) is 4.98 Å². The molecule has 0 radical (unpaired) electrons. The van der Waals surface area contributed by atoms with E-state index in [4.69, 9.17) is 9.15 Å². The monoisotopic (exact) mass is 460 g/mol. The molecule has 0 atom stereocenters. The van der Waals surface area contributed by atoms with Crippen molar-refractivity contribution in [1.82, 2.24) is 9.55 Å². The van der Waals surface area contributed by atoms with Crippen molar-refractivity contribution in [3.63, 3.8) is 0 Å². The first-order valence-corrected chi connectivity index (χ1v) is 11.0. The van der Waals surface area contributed by atoms with Crippen LogP contribution < -0.4 is 4.74 Å². The Labute approximate surface area is 193 Å². The molecule has 0 saturated heterocycles. The highest BCUT2D eigenvalue weighted by molar-refractivity contribution is 7.20. The highest BCUT2D eigenvalue weighted by Gasteiger charge is 2.32. The molecule has 0 bridgehead atoms. The van der Waals surface area contributed by atoms with Gasteiger partial charge in [0, 0.05) is 0 Å². The molecular weight excluding hydrogens is 440 g/mol. The van der Waals surface area contributed by atoms with E-state index in [9.17, 15) is 15.0 Å². The SMILES string of the molecule is COc1ccc(-c2c(C(=O)c3ccc(C)o3)c(O)c(O)n2-c2nc3ccc(C)cc3s2)cc1. The van der Waals surface area contributed by atoms with Crippen LogP contribution in [-0.2, 0) is 0 Å². The van der Waals surface area contributed by atoms with Crippen molar-refractivity contribution in [2.24, 2.45) is 0 Å². The molecule has 3 aromatic heterocycles. The molecule has 0 fully saturated rings. The molecule has 2 N–H and O–H groups in total. The van der Waals surface area contributed by atoms with Gasteiger partial charge in [-0.05, 0) is 73.5 Å². The number of hydrogen-bond donors (Lipinski definition) is 2. The minimum absolute atomic E-state index is 0.0645. The zero-order chi connectivity index (χ0) is 23.3. The van der Waals surface area contributed by atoms with Gasteiger partial charge in [0.1, 0.15) is 11.5 Å². The third-order valence-corrected chi connectivity index (χ3v) is 6.40. The molecule has 33 heavy (non-hydrogen) atoms. The fourth-order valence-corrected chi connectivity index (χ4v) is 4.84. The van der Waals surface area contributed by atoms with Crippen LogP contribution in [0.1, 0.15) is 27.4 Å². The maximum atomic E-state index is 13.4. The van der Waals surface area contributed by atoms with Gasteiger partial charge in [0.15, 0.2) is 16.6 Å². The lowest BCUT2D eigenvalue weighted by Gasteiger charge is -2.09. The Morgan fingerprint density at radius 3 is 2.48 bits per heavy atom. The predicted octanol–water partition coefficient (Wildman–Crippen LogP) is 5.61. The number of fused-ring (bicyclic) bond motifs is 1. The van der Waals surface area contributed by atoms with Gasteiger partial charge in [0.25, 0.3) is 0 Å². The number of aromatic nitrogens is 2. The molecule has 2 aromatic carbocycles. The number of thiazole rings is 1. The minimum atomic E-state index is -0.544. The summed E-state index contributed by atoms with van der Waals surface area (Å²) in [6.07, 6.45) is 0. The molecule has 0 aliphatic carbocycles. The van der Waals surface area contributed by atoms with Crippen LogP contribution in [0.4, 0.5) is 0 Å². The molecule has 0 saturated carbocycles. The quantitative estimate of drug-likeness (QED) is 0.331. The van der Waals surface area contributed by atoms with E-state index in [0.29, 0.717) is 27.9 Å². The molecular formula is C25H20N2O5S. The number of rotatable bonds is 5. The number of carbonyl (C=O) groups is 1. The maximum absolute atomic E-state index is 13.4. The van der Waals surface area contributed by atoms with E-state index in [-0.39, 0.29) is 11.3 Å². The summed E-state index contributed by atoms with van der Waals surface area (Å²) in [5.41, 5.74) is 2.67. The highest BCUT2D eigenvalue weighted by atomic mass is 32.1. The second kappa shape index (κ2) is 7.83. The van der Waals surface area contributed by atoms with Gasteiger partial charge >= 0.3 is 0 Å². The van der Waals surface area contributed by atoms with Gasteiger partial charge in [-0.15, -0.1) is 0 Å². The van der Waals surface area contributed by atoms with Crippen LogP contribution in [0.25, 0.3) is 26.6 Å². The van der Waals surface area contributed by atoms with Crippen molar-refractivity contribution < 1.29 is 24.2 Å². The summed E-state index contributed by atoms with van der Waals surface area (Å²) in [4.78, 5) is 18.0. The maximum Gasteiger partial charge on any atom is 0.242 e. The number of ketones is 1. The van der Waals surface area contributed by atoms with Crippen molar-refractivity contribution in [2.45, 2.75) is 13.8 Å². The number of aryl methyl sites for hydroxylation is 2. The van der Waals surface area contributed by atoms with Gasteiger partial charge in [0.2, 0.25) is 11.7 Å². The van der Waals surface area contributed by atoms with Crippen molar-refractivity contribution in [3.8, 4) is 33.8 Å². The number of furan rings is 1. The Hall–Kier alpha value is -4.04. The molecule has 5 rings (SSSR count). The van der Waals surface area contributed by atoms with Gasteiger partial charge in [-0.2, -0.15) is 0 Å². The molecule has 7 nitrogen and oxygen atoms in total. The standard InChI is InChI=1S/C25H20N2O5S/c1-13-4-10-17-19(12-13)33-25(26-17)27-21(15-6-8-16(31-3)9-7-15)20(23(29)24(27)30)22(28)18-11-5-14(2)32-18/h4-12,29-30H,1-3H3. The molecule has 0 aliphatic rings. The van der Waals surface area contributed by atoms with Crippen LogP contribution in [0.2, 0.25) is 0 Å². The van der Waals surface area contributed by atoms with E-state index in [2.05, 4.69) is 4.98 Å². The lowest BCUT2D eigenvalue weighted by molar-refractivity contribution is 0.101. The van der Waals surface area contributed by atoms with Crippen LogP contribution >= 0.6 is 11.3 Å². The summed E-state index contributed by atoms with van der Waals surface area (Å²) in [7, 11) is 1.56. The first-order chi connectivity index (χ1) is 15.9. The number of ether oxygens (including phenoxy) is 1. The second-order valence-electron chi connectivity index (χ2n) is 7.67. The largest absolute Gasteiger partial charge is 0.503 e. The summed E-state index contributed by atoms with van der Waals surface area (Å²) in [5, 5.41) is 22.3. The summed E-state index contributed by atoms with van der Waals surface area (Å²) >= 11 is 1.35. The van der Waals surface area contributed by atoms with E-state index in [1.165, 1.54) is 15.9 Å². The fraction of sp³-hybridized carbons (Fsp3) is 0.120. The highest BCUT2D eigenvalue weighted by Crippen LogP contribution is 2.45. The average molecular weight is 461 g/mol. The van der Waals surface area contributed by atoms with E-state index in [0.717, 1.165) is 15.8 Å². The normalized spacial score (nSPS) is 11.2. The Bertz CT molecular complexity index is 1510.